The lowest BCUT2D eigenvalue weighted by molar-refractivity contribution is -0.113. The third kappa shape index (κ3) is 2.15. The third-order valence-electron chi connectivity index (χ3n) is 3.52. The van der Waals surface area contributed by atoms with Crippen LogP contribution >= 0.6 is 0 Å². The summed E-state index contributed by atoms with van der Waals surface area (Å²) in [4.78, 5) is 26.0. The molecule has 0 bridgehead atoms. The number of nitrogen functional groups attached to an aromatic ring is 1. The molecule has 0 radical (unpaired) electrons. The summed E-state index contributed by atoms with van der Waals surface area (Å²) in [7, 11) is 0. The highest BCUT2D eigenvalue weighted by molar-refractivity contribution is 5.49. The van der Waals surface area contributed by atoms with E-state index in [-0.39, 0.29) is 5.82 Å². The van der Waals surface area contributed by atoms with Crippen LogP contribution in [0, 0.1) is 0 Å². The van der Waals surface area contributed by atoms with Gasteiger partial charge in [0.05, 0.1) is 12.1 Å². The van der Waals surface area contributed by atoms with Crippen LogP contribution in [-0.4, -0.2) is 50.5 Å². The molecule has 0 aromatic carbocycles. The number of nitrogens with zero attached hydrogens (tertiary/aromatic N) is 2. The van der Waals surface area contributed by atoms with E-state index < -0.39 is 36.3 Å². The van der Waals surface area contributed by atoms with E-state index in [9.17, 15) is 19.8 Å². The lowest BCUT2D eigenvalue weighted by Gasteiger charge is -2.30. The monoisotopic (exact) mass is 284 g/mol. The first kappa shape index (κ1) is 14.4. The first-order chi connectivity index (χ1) is 9.43. The Bertz CT molecular complexity index is 562. The zero-order valence-corrected chi connectivity index (χ0v) is 10.8. The summed E-state index contributed by atoms with van der Waals surface area (Å²) in [6.45, 7) is 1.09. The number of hydrogen-bond donors (Lipinski definition) is 4. The summed E-state index contributed by atoms with van der Waals surface area (Å²) in [6.07, 6.45) is -1.45. The predicted octanol–water partition coefficient (Wildman–Crippen LogP) is -2.42. The molecule has 0 spiro atoms. The Morgan fingerprint density at radius 1 is 1.70 bits per heavy atom. The smallest absolute Gasteiger partial charge is 0.351 e. The van der Waals surface area contributed by atoms with Gasteiger partial charge in [-0.25, -0.2) is 4.79 Å². The average Bonchev–Trinajstić information content (AvgIpc) is 2.63. The lowest BCUT2D eigenvalue weighted by atomic mass is 9.90. The van der Waals surface area contributed by atoms with E-state index >= 15 is 0 Å². The number of hydrogen-bond acceptors (Lipinski definition) is 7. The minimum Gasteiger partial charge on any atom is -0.394 e. The molecule has 1 saturated heterocycles. The van der Waals surface area contributed by atoms with Crippen molar-refractivity contribution < 1.29 is 19.7 Å². The number of carbonyl (C=O) groups is 1. The molecule has 1 aromatic rings. The van der Waals surface area contributed by atoms with Crippen molar-refractivity contribution in [3.63, 3.8) is 0 Å². The second-order valence-electron chi connectivity index (χ2n) is 4.73. The van der Waals surface area contributed by atoms with Gasteiger partial charge < -0.3 is 26.0 Å². The van der Waals surface area contributed by atoms with Crippen molar-refractivity contribution in [3.05, 3.63) is 22.7 Å². The van der Waals surface area contributed by atoms with Gasteiger partial charge in [-0.15, -0.1) is 0 Å². The largest absolute Gasteiger partial charge is 0.394 e. The molecule has 20 heavy (non-hydrogen) atoms. The van der Waals surface area contributed by atoms with Crippen LogP contribution in [-0.2, 0) is 9.53 Å². The third-order valence-corrected chi connectivity index (χ3v) is 3.52. The highest BCUT2D eigenvalue weighted by Crippen LogP contribution is 2.35. The van der Waals surface area contributed by atoms with Crippen LogP contribution < -0.4 is 16.7 Å². The second kappa shape index (κ2) is 5.19. The Hall–Kier alpha value is -1.97. The van der Waals surface area contributed by atoms with E-state index in [1.165, 1.54) is 19.2 Å². The normalized spacial score (nSPS) is 33.0. The van der Waals surface area contributed by atoms with E-state index in [4.69, 9.17) is 10.5 Å². The van der Waals surface area contributed by atoms with E-state index in [0.29, 0.717) is 6.41 Å². The van der Waals surface area contributed by atoms with Crippen molar-refractivity contribution in [3.8, 4) is 0 Å². The Labute approximate surface area is 114 Å². The fraction of sp³-hybridized carbons (Fsp3) is 0.545. The molecule has 2 rings (SSSR count). The number of aliphatic hydroxyl groups is 2. The number of rotatable bonds is 4. The van der Waals surface area contributed by atoms with Crippen molar-refractivity contribution in [1.29, 1.82) is 0 Å². The Kier molecular flexibility index (Phi) is 3.75. The molecular weight excluding hydrogens is 268 g/mol. The van der Waals surface area contributed by atoms with Crippen molar-refractivity contribution in [1.82, 2.24) is 14.9 Å². The molecule has 110 valence electrons. The first-order valence-electron chi connectivity index (χ1n) is 5.94. The molecule has 1 aliphatic heterocycles. The summed E-state index contributed by atoms with van der Waals surface area (Å²) >= 11 is 0. The predicted molar refractivity (Wildman–Crippen MR) is 67.5 cm³/mol. The van der Waals surface area contributed by atoms with E-state index in [2.05, 4.69) is 10.3 Å². The first-order valence-corrected chi connectivity index (χ1v) is 5.94. The maximum atomic E-state index is 11.8. The quantitative estimate of drug-likeness (QED) is 0.451. The maximum absolute atomic E-state index is 11.8. The van der Waals surface area contributed by atoms with Gasteiger partial charge >= 0.3 is 5.69 Å². The number of amides is 1. The molecule has 2 heterocycles. The molecule has 5 N–H and O–H groups in total. The van der Waals surface area contributed by atoms with Gasteiger partial charge in [-0.3, -0.25) is 9.36 Å². The standard InChI is InChI=1S/C11H16N4O5/c1-11(13-5-17)6(4-16)20-9(8(11)18)15-3-2-7(12)14-10(15)19/h2-3,5-6,8-9,16,18H,4H2,1H3,(H,13,17)(H2,12,14,19)/t6-,8-,9-,11?/m1/s1. The van der Waals surface area contributed by atoms with Crippen LogP contribution in [0.3, 0.4) is 0 Å². The molecule has 4 atom stereocenters. The number of nitrogens with two attached hydrogens (primary N) is 1. The molecule has 1 amide bonds. The van der Waals surface area contributed by atoms with Crippen molar-refractivity contribution >= 4 is 12.2 Å². The number of ether oxygens (including phenoxy) is 1. The van der Waals surface area contributed by atoms with Gasteiger partial charge in [-0.05, 0) is 13.0 Å². The summed E-state index contributed by atoms with van der Waals surface area (Å²) < 4.78 is 6.52. The molecule has 0 aliphatic carbocycles. The summed E-state index contributed by atoms with van der Waals surface area (Å²) in [5.74, 6) is 0.0474. The number of anilines is 1. The molecule has 1 unspecified atom stereocenters. The molecule has 1 fully saturated rings. The molecule has 9 nitrogen and oxygen atoms in total. The van der Waals surface area contributed by atoms with Crippen molar-refractivity contribution in [2.45, 2.75) is 30.9 Å². The fourth-order valence-corrected chi connectivity index (χ4v) is 2.25. The zero-order valence-electron chi connectivity index (χ0n) is 10.8. The van der Waals surface area contributed by atoms with Gasteiger partial charge in [0, 0.05) is 6.20 Å². The van der Waals surface area contributed by atoms with E-state index in [1.807, 2.05) is 0 Å². The fourth-order valence-electron chi connectivity index (χ4n) is 2.25. The Morgan fingerprint density at radius 3 is 2.95 bits per heavy atom. The van der Waals surface area contributed by atoms with Gasteiger partial charge in [0.2, 0.25) is 6.41 Å². The summed E-state index contributed by atoms with van der Waals surface area (Å²) in [5.41, 5.74) is 3.48. The van der Waals surface area contributed by atoms with Crippen LogP contribution in [0.1, 0.15) is 13.2 Å². The van der Waals surface area contributed by atoms with Crippen LogP contribution in [0.15, 0.2) is 17.1 Å². The van der Waals surface area contributed by atoms with Crippen LogP contribution in [0.25, 0.3) is 0 Å². The summed E-state index contributed by atoms with van der Waals surface area (Å²) in [6, 6.07) is 1.38. The van der Waals surface area contributed by atoms with Crippen LogP contribution in [0.4, 0.5) is 5.82 Å². The summed E-state index contributed by atoms with van der Waals surface area (Å²) in [5, 5.41) is 22.0. The molecule has 1 aliphatic rings. The number of carbonyl (C=O) groups excluding carboxylic acids is 1. The molecule has 1 aromatic heterocycles. The van der Waals surface area contributed by atoms with Gasteiger partial charge in [-0.2, -0.15) is 4.98 Å². The number of nitrogens with one attached hydrogen (secondary N) is 1. The van der Waals surface area contributed by atoms with Crippen LogP contribution in [0.5, 0.6) is 0 Å². The molecular formula is C11H16N4O5. The highest BCUT2D eigenvalue weighted by atomic mass is 16.5. The van der Waals surface area contributed by atoms with Crippen molar-refractivity contribution in [2.24, 2.45) is 0 Å². The zero-order chi connectivity index (χ0) is 14.9. The minimum atomic E-state index is -1.24. The Morgan fingerprint density at radius 2 is 2.40 bits per heavy atom. The van der Waals surface area contributed by atoms with E-state index in [1.54, 1.807) is 0 Å². The minimum absolute atomic E-state index is 0.0474. The SMILES string of the molecule is CC1(NC=O)[C@H](O)[C@H](n2ccc(N)nc2=O)O[C@@H]1CO. The lowest BCUT2D eigenvalue weighted by Crippen LogP contribution is -2.57. The molecule has 9 heteroatoms. The van der Waals surface area contributed by atoms with Gasteiger partial charge in [0.1, 0.15) is 18.0 Å². The number of aliphatic hydroxyl groups excluding tert-OH is 2. The Balaban J connectivity index is 2.39. The van der Waals surface area contributed by atoms with Crippen LogP contribution in [0.2, 0.25) is 0 Å². The molecule has 0 saturated carbocycles. The van der Waals surface area contributed by atoms with Crippen molar-refractivity contribution in [2.75, 3.05) is 12.3 Å². The number of aromatic nitrogens is 2. The topological polar surface area (TPSA) is 140 Å². The second-order valence-corrected chi connectivity index (χ2v) is 4.73. The highest BCUT2D eigenvalue weighted by Gasteiger charge is 2.53. The maximum Gasteiger partial charge on any atom is 0.351 e. The average molecular weight is 284 g/mol. The van der Waals surface area contributed by atoms with Gasteiger partial charge in [0.15, 0.2) is 6.23 Å². The van der Waals surface area contributed by atoms with E-state index in [0.717, 1.165) is 4.57 Å². The van der Waals surface area contributed by atoms with Gasteiger partial charge in [-0.1, -0.05) is 0 Å². The van der Waals surface area contributed by atoms with Gasteiger partial charge in [0.25, 0.3) is 0 Å².